The first-order valence-electron chi connectivity index (χ1n) is 5.22. The molecule has 5 heteroatoms. The summed E-state index contributed by atoms with van der Waals surface area (Å²) in [5, 5.41) is 11.1. The average molecular weight is 226 g/mol. The highest BCUT2D eigenvalue weighted by molar-refractivity contribution is 7.80. The topological polar surface area (TPSA) is 41.9 Å². The predicted octanol–water partition coefficient (Wildman–Crippen LogP) is 2.16. The molecule has 15 heavy (non-hydrogen) atoms. The Morgan fingerprint density at radius 3 is 2.87 bits per heavy atom. The Morgan fingerprint density at radius 1 is 1.60 bits per heavy atom. The zero-order valence-electron chi connectivity index (χ0n) is 9.45. The first kappa shape index (κ1) is 12.0. The second-order valence-corrected chi connectivity index (χ2v) is 4.09. The molecule has 0 aliphatic carbocycles. The van der Waals surface area contributed by atoms with Gasteiger partial charge in [-0.05, 0) is 32.5 Å². The van der Waals surface area contributed by atoms with Crippen LogP contribution in [0.4, 0.5) is 5.69 Å². The van der Waals surface area contributed by atoms with Crippen molar-refractivity contribution in [1.82, 2.24) is 15.1 Å². The maximum atomic E-state index is 5.12. The predicted molar refractivity (Wildman–Crippen MR) is 67.1 cm³/mol. The molecule has 0 aliphatic heterocycles. The van der Waals surface area contributed by atoms with E-state index in [0.29, 0.717) is 11.2 Å². The number of hydrogen-bond acceptors (Lipinski definition) is 2. The van der Waals surface area contributed by atoms with Gasteiger partial charge in [-0.3, -0.25) is 4.68 Å². The molecule has 0 fully saturated rings. The van der Waals surface area contributed by atoms with Crippen molar-refractivity contribution < 1.29 is 0 Å². The maximum absolute atomic E-state index is 5.12. The molecule has 2 N–H and O–H groups in total. The summed E-state index contributed by atoms with van der Waals surface area (Å²) in [6.07, 6.45) is 4.79. The van der Waals surface area contributed by atoms with Crippen LogP contribution < -0.4 is 10.6 Å². The number of hydrogen-bond donors (Lipinski definition) is 2. The van der Waals surface area contributed by atoms with E-state index in [-0.39, 0.29) is 0 Å². The molecule has 0 amide bonds. The van der Waals surface area contributed by atoms with Crippen molar-refractivity contribution in [2.24, 2.45) is 0 Å². The van der Waals surface area contributed by atoms with Crippen LogP contribution in [0.25, 0.3) is 0 Å². The van der Waals surface area contributed by atoms with Gasteiger partial charge in [0.05, 0.1) is 11.9 Å². The van der Waals surface area contributed by atoms with Gasteiger partial charge in [0.25, 0.3) is 0 Å². The standard InChI is InChI=1S/C10H18N4S/c1-4-5-11-10(15)13-9-6-12-14(7-9)8(2)3/h6-8H,4-5H2,1-3H3,(H2,11,13,15). The van der Waals surface area contributed by atoms with Gasteiger partial charge in [-0.1, -0.05) is 6.92 Å². The fourth-order valence-corrected chi connectivity index (χ4v) is 1.32. The molecular weight excluding hydrogens is 208 g/mol. The zero-order chi connectivity index (χ0) is 11.3. The van der Waals surface area contributed by atoms with Crippen molar-refractivity contribution in [3.8, 4) is 0 Å². The first-order chi connectivity index (χ1) is 7.13. The van der Waals surface area contributed by atoms with Gasteiger partial charge in [-0.25, -0.2) is 0 Å². The maximum Gasteiger partial charge on any atom is 0.170 e. The quantitative estimate of drug-likeness (QED) is 0.772. The number of rotatable bonds is 4. The van der Waals surface area contributed by atoms with Gasteiger partial charge in [0.1, 0.15) is 0 Å². The Labute approximate surface area is 96.1 Å². The molecule has 1 heterocycles. The Hall–Kier alpha value is -1.10. The smallest absolute Gasteiger partial charge is 0.170 e. The third-order valence-electron chi connectivity index (χ3n) is 1.92. The third kappa shape index (κ3) is 3.87. The molecule has 0 spiro atoms. The van der Waals surface area contributed by atoms with Crippen LogP contribution in [0.15, 0.2) is 12.4 Å². The highest BCUT2D eigenvalue weighted by Crippen LogP contribution is 2.09. The molecular formula is C10H18N4S. The van der Waals surface area contributed by atoms with Crippen molar-refractivity contribution >= 4 is 23.0 Å². The van der Waals surface area contributed by atoms with Gasteiger partial charge >= 0.3 is 0 Å². The van der Waals surface area contributed by atoms with E-state index in [1.807, 2.05) is 10.9 Å². The molecule has 0 saturated carbocycles. The molecule has 4 nitrogen and oxygen atoms in total. The van der Waals surface area contributed by atoms with Crippen molar-refractivity contribution in [2.45, 2.75) is 33.2 Å². The van der Waals surface area contributed by atoms with E-state index in [1.54, 1.807) is 6.20 Å². The monoisotopic (exact) mass is 226 g/mol. The van der Waals surface area contributed by atoms with E-state index >= 15 is 0 Å². The minimum Gasteiger partial charge on any atom is -0.362 e. The van der Waals surface area contributed by atoms with Crippen LogP contribution >= 0.6 is 12.2 Å². The Bertz CT molecular complexity index is 319. The van der Waals surface area contributed by atoms with Gasteiger partial charge in [0.2, 0.25) is 0 Å². The average Bonchev–Trinajstić information content (AvgIpc) is 2.63. The highest BCUT2D eigenvalue weighted by Gasteiger charge is 2.02. The molecule has 0 unspecified atom stereocenters. The normalized spacial score (nSPS) is 10.4. The highest BCUT2D eigenvalue weighted by atomic mass is 32.1. The fourth-order valence-electron chi connectivity index (χ4n) is 1.10. The van der Waals surface area contributed by atoms with Crippen LogP contribution in [0.1, 0.15) is 33.2 Å². The minimum absolute atomic E-state index is 0.373. The van der Waals surface area contributed by atoms with Gasteiger partial charge in [-0.15, -0.1) is 0 Å². The molecule has 1 aromatic rings. The summed E-state index contributed by atoms with van der Waals surface area (Å²) in [7, 11) is 0. The number of aromatic nitrogens is 2. The van der Waals surface area contributed by atoms with Crippen molar-refractivity contribution in [2.75, 3.05) is 11.9 Å². The van der Waals surface area contributed by atoms with Gasteiger partial charge in [-0.2, -0.15) is 5.10 Å². The third-order valence-corrected chi connectivity index (χ3v) is 2.17. The lowest BCUT2D eigenvalue weighted by Crippen LogP contribution is -2.28. The van der Waals surface area contributed by atoms with E-state index in [9.17, 15) is 0 Å². The summed E-state index contributed by atoms with van der Waals surface area (Å²) in [5.74, 6) is 0. The Balaban J connectivity index is 2.46. The van der Waals surface area contributed by atoms with Crippen LogP contribution in [0.5, 0.6) is 0 Å². The number of anilines is 1. The summed E-state index contributed by atoms with van der Waals surface area (Å²) >= 11 is 5.12. The lowest BCUT2D eigenvalue weighted by atomic mass is 10.4. The molecule has 84 valence electrons. The van der Waals surface area contributed by atoms with E-state index in [1.165, 1.54) is 0 Å². The van der Waals surface area contributed by atoms with E-state index in [0.717, 1.165) is 18.7 Å². The summed E-state index contributed by atoms with van der Waals surface area (Å²) in [6.45, 7) is 7.17. The largest absolute Gasteiger partial charge is 0.362 e. The van der Waals surface area contributed by atoms with E-state index in [4.69, 9.17) is 12.2 Å². The molecule has 1 aromatic heterocycles. The van der Waals surface area contributed by atoms with Crippen molar-refractivity contribution in [3.63, 3.8) is 0 Å². The second-order valence-electron chi connectivity index (χ2n) is 3.68. The van der Waals surface area contributed by atoms with Gasteiger partial charge in [0, 0.05) is 18.8 Å². The van der Waals surface area contributed by atoms with E-state index in [2.05, 4.69) is 36.5 Å². The lowest BCUT2D eigenvalue weighted by Gasteiger charge is -2.07. The molecule has 0 aromatic carbocycles. The van der Waals surface area contributed by atoms with E-state index < -0.39 is 0 Å². The molecule has 0 saturated heterocycles. The first-order valence-corrected chi connectivity index (χ1v) is 5.63. The summed E-state index contributed by atoms with van der Waals surface area (Å²) in [6, 6.07) is 0.373. The van der Waals surface area contributed by atoms with Crippen molar-refractivity contribution in [1.29, 1.82) is 0 Å². The van der Waals surface area contributed by atoms with Gasteiger partial charge in [0.15, 0.2) is 5.11 Å². The minimum atomic E-state index is 0.373. The molecule has 1 rings (SSSR count). The molecule has 0 bridgehead atoms. The Kier molecular flexibility index (Phi) is 4.55. The summed E-state index contributed by atoms with van der Waals surface area (Å²) in [4.78, 5) is 0. The lowest BCUT2D eigenvalue weighted by molar-refractivity contribution is 0.532. The van der Waals surface area contributed by atoms with Crippen LogP contribution in [-0.4, -0.2) is 21.4 Å². The van der Waals surface area contributed by atoms with Crippen LogP contribution in [0, 0.1) is 0 Å². The Morgan fingerprint density at radius 2 is 2.33 bits per heavy atom. The molecule has 0 aliphatic rings. The zero-order valence-corrected chi connectivity index (χ0v) is 10.3. The SMILES string of the molecule is CCCNC(=S)Nc1cnn(C(C)C)c1. The van der Waals surface area contributed by atoms with Crippen LogP contribution in [-0.2, 0) is 0 Å². The number of nitrogens with zero attached hydrogens (tertiary/aromatic N) is 2. The number of nitrogens with one attached hydrogen (secondary N) is 2. The molecule has 0 radical (unpaired) electrons. The number of thiocarbonyl (C=S) groups is 1. The summed E-state index contributed by atoms with van der Waals surface area (Å²) in [5.41, 5.74) is 0.928. The van der Waals surface area contributed by atoms with Crippen LogP contribution in [0.3, 0.4) is 0 Å². The second kappa shape index (κ2) is 5.70. The van der Waals surface area contributed by atoms with Crippen molar-refractivity contribution in [3.05, 3.63) is 12.4 Å². The fraction of sp³-hybridized carbons (Fsp3) is 0.600. The summed E-state index contributed by atoms with van der Waals surface area (Å²) < 4.78 is 1.89. The van der Waals surface area contributed by atoms with Gasteiger partial charge < -0.3 is 10.6 Å². The molecule has 0 atom stereocenters. The van der Waals surface area contributed by atoms with Crippen LogP contribution in [0.2, 0.25) is 0 Å².